The van der Waals surface area contributed by atoms with E-state index in [2.05, 4.69) is 25.2 Å². The van der Waals surface area contributed by atoms with E-state index in [-0.39, 0.29) is 0 Å². The van der Waals surface area contributed by atoms with Crippen LogP contribution in [0.5, 0.6) is 5.88 Å². The molecule has 142 valence electrons. The monoisotopic (exact) mass is 357 g/mol. The first-order valence-electron chi connectivity index (χ1n) is 9.35. The SMILES string of the molecule is CCCCCNc1nc(C)c(-c2ccc(N(C)C)nc2CC)nc1OC. The Hall–Kier alpha value is -2.37. The molecule has 0 unspecified atom stereocenters. The molecule has 0 radical (unpaired) electrons. The van der Waals surface area contributed by atoms with E-state index in [1.54, 1.807) is 7.11 Å². The molecule has 2 aromatic rings. The summed E-state index contributed by atoms with van der Waals surface area (Å²) < 4.78 is 5.49. The number of hydrogen-bond acceptors (Lipinski definition) is 6. The van der Waals surface area contributed by atoms with Crippen LogP contribution in [0.4, 0.5) is 11.6 Å². The van der Waals surface area contributed by atoms with Crippen LogP contribution in [-0.2, 0) is 6.42 Å². The van der Waals surface area contributed by atoms with E-state index in [4.69, 9.17) is 19.7 Å². The fourth-order valence-corrected chi connectivity index (χ4v) is 2.82. The molecule has 0 saturated carbocycles. The highest BCUT2D eigenvalue weighted by atomic mass is 16.5. The number of rotatable bonds is 9. The molecule has 0 atom stereocenters. The van der Waals surface area contributed by atoms with Crippen molar-refractivity contribution < 1.29 is 4.74 Å². The molecule has 0 saturated heterocycles. The van der Waals surface area contributed by atoms with E-state index in [9.17, 15) is 0 Å². The molecule has 0 aromatic carbocycles. The van der Waals surface area contributed by atoms with Crippen LogP contribution >= 0.6 is 0 Å². The summed E-state index contributed by atoms with van der Waals surface area (Å²) >= 11 is 0. The number of unbranched alkanes of at least 4 members (excludes halogenated alkanes) is 2. The highest BCUT2D eigenvalue weighted by Crippen LogP contribution is 2.30. The summed E-state index contributed by atoms with van der Waals surface area (Å²) in [6.45, 7) is 7.16. The van der Waals surface area contributed by atoms with Crippen LogP contribution in [0.2, 0.25) is 0 Å². The van der Waals surface area contributed by atoms with Gasteiger partial charge in [0.1, 0.15) is 5.82 Å². The third-order valence-electron chi connectivity index (χ3n) is 4.31. The summed E-state index contributed by atoms with van der Waals surface area (Å²) in [5.41, 5.74) is 3.73. The van der Waals surface area contributed by atoms with Gasteiger partial charge in [-0.3, -0.25) is 0 Å². The molecule has 0 aliphatic heterocycles. The minimum atomic E-state index is 0.529. The maximum atomic E-state index is 5.49. The molecule has 1 N–H and O–H groups in total. The van der Waals surface area contributed by atoms with Gasteiger partial charge in [-0.25, -0.2) is 15.0 Å². The number of hydrogen-bond donors (Lipinski definition) is 1. The highest BCUT2D eigenvalue weighted by Gasteiger charge is 2.16. The standard InChI is InChI=1S/C20H31N5O/c1-7-9-10-13-21-19-20(26-6)24-18(14(3)22-19)15-11-12-17(25(4)5)23-16(15)8-2/h11-12H,7-10,13H2,1-6H3,(H,21,22). The lowest BCUT2D eigenvalue weighted by Crippen LogP contribution is -2.12. The van der Waals surface area contributed by atoms with Crippen molar-refractivity contribution in [1.29, 1.82) is 0 Å². The minimum absolute atomic E-state index is 0.529. The normalized spacial score (nSPS) is 10.7. The molecular weight excluding hydrogens is 326 g/mol. The summed E-state index contributed by atoms with van der Waals surface area (Å²) in [5.74, 6) is 2.18. The van der Waals surface area contributed by atoms with E-state index in [1.807, 2.05) is 32.0 Å². The van der Waals surface area contributed by atoms with E-state index < -0.39 is 0 Å². The van der Waals surface area contributed by atoms with Crippen molar-refractivity contribution in [1.82, 2.24) is 15.0 Å². The van der Waals surface area contributed by atoms with Crippen LogP contribution in [-0.4, -0.2) is 42.7 Å². The molecule has 0 bridgehead atoms. The molecule has 6 nitrogen and oxygen atoms in total. The van der Waals surface area contributed by atoms with E-state index in [1.165, 1.54) is 12.8 Å². The van der Waals surface area contributed by atoms with Crippen molar-refractivity contribution >= 4 is 11.6 Å². The summed E-state index contributed by atoms with van der Waals surface area (Å²) in [5, 5.41) is 3.35. The van der Waals surface area contributed by atoms with Crippen molar-refractivity contribution in [3.05, 3.63) is 23.5 Å². The van der Waals surface area contributed by atoms with Gasteiger partial charge in [0.15, 0.2) is 5.82 Å². The number of pyridine rings is 1. The van der Waals surface area contributed by atoms with Gasteiger partial charge in [-0.1, -0.05) is 26.7 Å². The fourth-order valence-electron chi connectivity index (χ4n) is 2.82. The first kappa shape index (κ1) is 19.9. The predicted molar refractivity (Wildman–Crippen MR) is 108 cm³/mol. The molecule has 26 heavy (non-hydrogen) atoms. The zero-order valence-electron chi connectivity index (χ0n) is 16.9. The molecule has 0 fully saturated rings. The zero-order chi connectivity index (χ0) is 19.1. The van der Waals surface area contributed by atoms with Crippen molar-refractivity contribution in [3.8, 4) is 17.1 Å². The Balaban J connectivity index is 2.38. The van der Waals surface area contributed by atoms with Gasteiger partial charge in [0.05, 0.1) is 24.2 Å². The lowest BCUT2D eigenvalue weighted by Gasteiger charge is -2.17. The molecule has 2 aromatic heterocycles. The smallest absolute Gasteiger partial charge is 0.257 e. The Labute approximate surface area is 157 Å². The molecule has 0 aliphatic carbocycles. The first-order chi connectivity index (χ1) is 12.5. The van der Waals surface area contributed by atoms with Crippen LogP contribution in [0.3, 0.4) is 0 Å². The number of nitrogens with zero attached hydrogens (tertiary/aromatic N) is 4. The third-order valence-corrected chi connectivity index (χ3v) is 4.31. The number of methoxy groups -OCH3 is 1. The van der Waals surface area contributed by atoms with Crippen LogP contribution < -0.4 is 15.0 Å². The summed E-state index contributed by atoms with van der Waals surface area (Å²) in [6, 6.07) is 4.09. The topological polar surface area (TPSA) is 63.2 Å². The number of ether oxygens (including phenoxy) is 1. The summed E-state index contributed by atoms with van der Waals surface area (Å²) in [7, 11) is 5.62. The van der Waals surface area contributed by atoms with Gasteiger partial charge < -0.3 is 15.0 Å². The minimum Gasteiger partial charge on any atom is -0.478 e. The van der Waals surface area contributed by atoms with Gasteiger partial charge in [-0.15, -0.1) is 0 Å². The quantitative estimate of drug-likeness (QED) is 0.682. The lowest BCUT2D eigenvalue weighted by atomic mass is 10.1. The van der Waals surface area contributed by atoms with Crippen LogP contribution in [0.1, 0.15) is 44.5 Å². The second-order valence-electron chi connectivity index (χ2n) is 6.56. The molecule has 0 aliphatic rings. The predicted octanol–water partition coefficient (Wildman–Crippen LogP) is 4.09. The first-order valence-corrected chi connectivity index (χ1v) is 9.35. The molecule has 0 spiro atoms. The average Bonchev–Trinajstić information content (AvgIpc) is 2.65. The highest BCUT2D eigenvalue weighted by molar-refractivity contribution is 5.68. The maximum Gasteiger partial charge on any atom is 0.257 e. The van der Waals surface area contributed by atoms with Crippen molar-refractivity contribution in [3.63, 3.8) is 0 Å². The van der Waals surface area contributed by atoms with E-state index >= 15 is 0 Å². The van der Waals surface area contributed by atoms with Gasteiger partial charge in [-0.05, 0) is 31.9 Å². The molecule has 2 heterocycles. The maximum absolute atomic E-state index is 5.49. The Morgan fingerprint density at radius 3 is 2.46 bits per heavy atom. The van der Waals surface area contributed by atoms with Crippen molar-refractivity contribution in [2.24, 2.45) is 0 Å². The Kier molecular flexibility index (Phi) is 7.18. The van der Waals surface area contributed by atoms with Gasteiger partial charge in [0, 0.05) is 26.2 Å². The van der Waals surface area contributed by atoms with Crippen molar-refractivity contribution in [2.45, 2.75) is 46.5 Å². The van der Waals surface area contributed by atoms with E-state index in [0.717, 1.165) is 47.8 Å². The van der Waals surface area contributed by atoms with Crippen LogP contribution in [0.25, 0.3) is 11.3 Å². The average molecular weight is 358 g/mol. The van der Waals surface area contributed by atoms with Gasteiger partial charge in [0.25, 0.3) is 5.88 Å². The molecule has 2 rings (SSSR count). The molecule has 6 heteroatoms. The molecule has 0 amide bonds. The third kappa shape index (κ3) is 4.62. The Morgan fingerprint density at radius 1 is 1.08 bits per heavy atom. The van der Waals surface area contributed by atoms with Crippen LogP contribution in [0, 0.1) is 6.92 Å². The summed E-state index contributed by atoms with van der Waals surface area (Å²) in [4.78, 5) is 16.2. The van der Waals surface area contributed by atoms with E-state index in [0.29, 0.717) is 11.7 Å². The van der Waals surface area contributed by atoms with Gasteiger partial charge in [-0.2, -0.15) is 0 Å². The van der Waals surface area contributed by atoms with Gasteiger partial charge in [0.2, 0.25) is 0 Å². The Bertz CT molecular complexity index is 730. The lowest BCUT2D eigenvalue weighted by molar-refractivity contribution is 0.398. The number of aryl methyl sites for hydroxylation is 2. The number of aromatic nitrogens is 3. The van der Waals surface area contributed by atoms with Crippen molar-refractivity contribution in [2.75, 3.05) is 38.0 Å². The molecular formula is C20H31N5O. The fraction of sp³-hybridized carbons (Fsp3) is 0.550. The van der Waals surface area contributed by atoms with Crippen LogP contribution in [0.15, 0.2) is 12.1 Å². The second-order valence-corrected chi connectivity index (χ2v) is 6.56. The Morgan fingerprint density at radius 2 is 1.85 bits per heavy atom. The summed E-state index contributed by atoms with van der Waals surface area (Å²) in [6.07, 6.45) is 4.33. The zero-order valence-corrected chi connectivity index (χ0v) is 16.9. The second kappa shape index (κ2) is 9.36. The number of anilines is 2. The largest absolute Gasteiger partial charge is 0.478 e. The number of nitrogens with one attached hydrogen (secondary N) is 1. The van der Waals surface area contributed by atoms with Gasteiger partial charge >= 0.3 is 0 Å².